The second-order valence-corrected chi connectivity index (χ2v) is 9.61. The largest absolute Gasteiger partial charge is 0.438 e. The molecule has 1 fully saturated rings. The zero-order valence-electron chi connectivity index (χ0n) is 20.6. The zero-order chi connectivity index (χ0) is 24.8. The van der Waals surface area contributed by atoms with E-state index in [0.717, 1.165) is 17.5 Å². The number of hydrogen-bond donors (Lipinski definition) is 2. The van der Waals surface area contributed by atoms with E-state index in [-0.39, 0.29) is 24.3 Å². The van der Waals surface area contributed by atoms with Gasteiger partial charge in [0.1, 0.15) is 0 Å². The van der Waals surface area contributed by atoms with Gasteiger partial charge in [-0.1, -0.05) is 69.7 Å². The van der Waals surface area contributed by atoms with E-state index < -0.39 is 18.2 Å². The molecule has 2 N–H and O–H groups in total. The highest BCUT2D eigenvalue weighted by Gasteiger charge is 2.47. The first-order chi connectivity index (χ1) is 16.2. The van der Waals surface area contributed by atoms with E-state index in [9.17, 15) is 14.4 Å². The average Bonchev–Trinajstić information content (AvgIpc) is 3.11. The smallest absolute Gasteiger partial charge is 0.411 e. The number of ether oxygens (including phenoxy) is 1. The minimum absolute atomic E-state index is 0.107. The maximum absolute atomic E-state index is 13.3. The van der Waals surface area contributed by atoms with Crippen LogP contribution < -0.4 is 10.6 Å². The Morgan fingerprint density at radius 2 is 1.76 bits per heavy atom. The molecule has 3 rings (SSSR count). The van der Waals surface area contributed by atoms with Crippen molar-refractivity contribution in [3.63, 3.8) is 0 Å². The van der Waals surface area contributed by atoms with Crippen molar-refractivity contribution < 1.29 is 19.1 Å². The number of aryl methyl sites for hydroxylation is 1. The van der Waals surface area contributed by atoms with Gasteiger partial charge in [0.25, 0.3) is 0 Å². The van der Waals surface area contributed by atoms with E-state index in [1.807, 2.05) is 51.1 Å². The molecule has 0 aliphatic carbocycles. The number of nitrogens with one attached hydrogen (secondary N) is 2. The van der Waals surface area contributed by atoms with Gasteiger partial charge >= 0.3 is 6.09 Å². The maximum atomic E-state index is 13.3. The summed E-state index contributed by atoms with van der Waals surface area (Å²) in [6, 6.07) is 14.2. The highest BCUT2D eigenvalue weighted by Crippen LogP contribution is 2.35. The molecule has 34 heavy (non-hydrogen) atoms. The second-order valence-electron chi connectivity index (χ2n) is 9.61. The minimum Gasteiger partial charge on any atom is -0.438 e. The number of carbonyl (C=O) groups excluding carboxylic acids is 3. The minimum atomic E-state index is -0.822. The Hall–Kier alpha value is -3.35. The van der Waals surface area contributed by atoms with Gasteiger partial charge in [-0.15, -0.1) is 0 Å². The van der Waals surface area contributed by atoms with E-state index in [1.54, 1.807) is 18.2 Å². The summed E-state index contributed by atoms with van der Waals surface area (Å²) in [5.74, 6) is -0.0790. The van der Waals surface area contributed by atoms with Crippen LogP contribution in [-0.4, -0.2) is 35.4 Å². The average molecular weight is 466 g/mol. The molecule has 3 amide bonds. The number of nitrogens with zero attached hydrogens (tertiary/aromatic N) is 1. The molecule has 0 saturated carbocycles. The van der Waals surface area contributed by atoms with Gasteiger partial charge in [0, 0.05) is 18.2 Å². The Labute approximate surface area is 201 Å². The van der Waals surface area contributed by atoms with Crippen molar-refractivity contribution in [2.24, 2.45) is 11.8 Å². The third kappa shape index (κ3) is 6.37. The van der Waals surface area contributed by atoms with E-state index in [1.165, 1.54) is 4.90 Å². The lowest BCUT2D eigenvalue weighted by Gasteiger charge is -2.24. The van der Waals surface area contributed by atoms with Crippen molar-refractivity contribution in [2.75, 3.05) is 11.9 Å². The Balaban J connectivity index is 1.88. The van der Waals surface area contributed by atoms with Gasteiger partial charge in [0.05, 0.1) is 6.54 Å². The van der Waals surface area contributed by atoms with E-state index in [0.29, 0.717) is 23.7 Å². The summed E-state index contributed by atoms with van der Waals surface area (Å²) < 4.78 is 5.74. The first kappa shape index (κ1) is 25.3. The summed E-state index contributed by atoms with van der Waals surface area (Å²) in [7, 11) is 0. The molecular formula is C27H35N3O4. The molecule has 2 atom stereocenters. The summed E-state index contributed by atoms with van der Waals surface area (Å²) >= 11 is 0. The second kappa shape index (κ2) is 11.2. The molecule has 182 valence electrons. The molecule has 1 heterocycles. The highest BCUT2D eigenvalue weighted by atomic mass is 16.6. The fourth-order valence-electron chi connectivity index (χ4n) is 3.77. The van der Waals surface area contributed by atoms with Crippen LogP contribution in [0.15, 0.2) is 48.5 Å². The van der Waals surface area contributed by atoms with Gasteiger partial charge in [0.2, 0.25) is 11.8 Å². The quantitative estimate of drug-likeness (QED) is 0.556. The fourth-order valence-corrected chi connectivity index (χ4v) is 3.77. The van der Waals surface area contributed by atoms with Gasteiger partial charge in [-0.05, 0) is 42.5 Å². The molecule has 1 aliphatic rings. The van der Waals surface area contributed by atoms with Crippen molar-refractivity contribution >= 4 is 23.6 Å². The molecule has 0 radical (unpaired) electrons. The van der Waals surface area contributed by atoms with Crippen LogP contribution in [-0.2, 0) is 20.9 Å². The molecule has 2 unspecified atom stereocenters. The molecule has 2 aromatic carbocycles. The molecule has 1 saturated heterocycles. The van der Waals surface area contributed by atoms with E-state index >= 15 is 0 Å². The Morgan fingerprint density at radius 1 is 1.06 bits per heavy atom. The van der Waals surface area contributed by atoms with Crippen molar-refractivity contribution in [2.45, 2.75) is 59.7 Å². The summed E-state index contributed by atoms with van der Waals surface area (Å²) in [5, 5.41) is 5.85. The third-order valence-corrected chi connectivity index (χ3v) is 5.85. The van der Waals surface area contributed by atoms with Gasteiger partial charge < -0.3 is 15.4 Å². The summed E-state index contributed by atoms with van der Waals surface area (Å²) in [4.78, 5) is 39.9. The van der Waals surface area contributed by atoms with Gasteiger partial charge in [-0.2, -0.15) is 0 Å². The highest BCUT2D eigenvalue weighted by molar-refractivity contribution is 5.92. The Morgan fingerprint density at radius 3 is 2.41 bits per heavy atom. The molecule has 1 aliphatic heterocycles. The predicted octanol–water partition coefficient (Wildman–Crippen LogP) is 4.81. The topological polar surface area (TPSA) is 87.7 Å². The lowest BCUT2D eigenvalue weighted by molar-refractivity contribution is -0.126. The molecule has 0 aromatic heterocycles. The van der Waals surface area contributed by atoms with Crippen LogP contribution in [0.3, 0.4) is 0 Å². The lowest BCUT2D eigenvalue weighted by atomic mass is 9.99. The number of benzene rings is 2. The van der Waals surface area contributed by atoms with E-state index in [4.69, 9.17) is 4.74 Å². The summed E-state index contributed by atoms with van der Waals surface area (Å²) in [5.41, 5.74) is 3.29. The predicted molar refractivity (Wildman–Crippen MR) is 132 cm³/mol. The first-order valence-electron chi connectivity index (χ1n) is 11.9. The van der Waals surface area contributed by atoms with E-state index in [2.05, 4.69) is 24.5 Å². The van der Waals surface area contributed by atoms with Crippen LogP contribution in [0, 0.1) is 18.8 Å². The summed E-state index contributed by atoms with van der Waals surface area (Å²) in [6.45, 7) is 10.6. The van der Waals surface area contributed by atoms with Crippen LogP contribution in [0.25, 0.3) is 0 Å². The standard InChI is InChI=1S/C27H35N3O4/c1-17(2)13-14-28-26(32)23-24(21-7-6-8-22(15-21)29-25(31)18(3)4)34-27(33)30(23)16-20-11-9-19(5)10-12-20/h6-12,15,17-18,23-24H,13-14,16H2,1-5H3,(H,28,32)(H,29,31). The van der Waals surface area contributed by atoms with Gasteiger partial charge in [0.15, 0.2) is 12.1 Å². The van der Waals surface area contributed by atoms with Crippen molar-refractivity contribution in [1.29, 1.82) is 0 Å². The normalized spacial score (nSPS) is 17.7. The number of hydrogen-bond acceptors (Lipinski definition) is 4. The lowest BCUT2D eigenvalue weighted by Crippen LogP contribution is -2.46. The van der Waals surface area contributed by atoms with Crippen molar-refractivity contribution in [1.82, 2.24) is 10.2 Å². The SMILES string of the molecule is Cc1ccc(CN2C(=O)OC(c3cccc(NC(=O)C(C)C)c3)C2C(=O)NCCC(C)C)cc1. The number of cyclic esters (lactones) is 1. The Kier molecular flexibility index (Phi) is 8.31. The molecule has 0 spiro atoms. The molecular weight excluding hydrogens is 430 g/mol. The fraction of sp³-hybridized carbons (Fsp3) is 0.444. The maximum Gasteiger partial charge on any atom is 0.411 e. The monoisotopic (exact) mass is 465 g/mol. The number of amides is 3. The van der Waals surface area contributed by atoms with Crippen LogP contribution in [0.2, 0.25) is 0 Å². The molecule has 7 nitrogen and oxygen atoms in total. The number of rotatable bonds is 9. The molecule has 2 aromatic rings. The summed E-state index contributed by atoms with van der Waals surface area (Å²) in [6.07, 6.45) is -0.480. The Bertz CT molecular complexity index is 1020. The van der Waals surface area contributed by atoms with Crippen LogP contribution in [0.4, 0.5) is 10.5 Å². The third-order valence-electron chi connectivity index (χ3n) is 5.85. The van der Waals surface area contributed by atoms with Gasteiger partial charge in [-0.3, -0.25) is 14.5 Å². The molecule has 7 heteroatoms. The zero-order valence-corrected chi connectivity index (χ0v) is 20.6. The molecule has 0 bridgehead atoms. The van der Waals surface area contributed by atoms with Crippen LogP contribution in [0.1, 0.15) is 56.9 Å². The van der Waals surface area contributed by atoms with Gasteiger partial charge in [-0.25, -0.2) is 4.79 Å². The van der Waals surface area contributed by atoms with Crippen molar-refractivity contribution in [3.05, 3.63) is 65.2 Å². The number of anilines is 1. The van der Waals surface area contributed by atoms with Crippen LogP contribution >= 0.6 is 0 Å². The first-order valence-corrected chi connectivity index (χ1v) is 11.9. The van der Waals surface area contributed by atoms with Crippen molar-refractivity contribution in [3.8, 4) is 0 Å². The van der Waals surface area contributed by atoms with Crippen LogP contribution in [0.5, 0.6) is 0 Å². The number of carbonyl (C=O) groups is 3.